The summed E-state index contributed by atoms with van der Waals surface area (Å²) in [4.78, 5) is 27.2. The van der Waals surface area contributed by atoms with Crippen LogP contribution in [-0.4, -0.2) is 64.5 Å². The predicted molar refractivity (Wildman–Crippen MR) is 205 cm³/mol. The van der Waals surface area contributed by atoms with Gasteiger partial charge in [0.05, 0.1) is 24.2 Å². The number of amides is 2. The van der Waals surface area contributed by atoms with Crippen LogP contribution in [-0.2, 0) is 35.9 Å². The highest BCUT2D eigenvalue weighted by atomic mass is 35.5. The molecule has 3 aromatic rings. The van der Waals surface area contributed by atoms with Gasteiger partial charge in [-0.05, 0) is 49.8 Å². The molecule has 0 bridgehead atoms. The molecule has 0 aliphatic rings. The minimum atomic E-state index is -3.58. The van der Waals surface area contributed by atoms with Gasteiger partial charge < -0.3 is 15.4 Å². The molecule has 0 saturated heterocycles. The number of carbonyl (C=O) groups is 2. The highest BCUT2D eigenvalue weighted by Gasteiger charge is 2.45. The number of sulfonamides is 1. The Balaban J connectivity index is 1.96. The van der Waals surface area contributed by atoms with Gasteiger partial charge in [-0.15, -0.1) is 10.2 Å². The van der Waals surface area contributed by atoms with Gasteiger partial charge in [-0.1, -0.05) is 112 Å². The lowest BCUT2D eigenvalue weighted by Crippen LogP contribution is -2.59. The third kappa shape index (κ3) is 10.9. The van der Waals surface area contributed by atoms with Crippen LogP contribution >= 0.6 is 11.6 Å². The first-order chi connectivity index (χ1) is 23.4. The van der Waals surface area contributed by atoms with Crippen molar-refractivity contribution in [1.29, 1.82) is 0 Å². The van der Waals surface area contributed by atoms with Crippen LogP contribution in [0.1, 0.15) is 138 Å². The summed E-state index contributed by atoms with van der Waals surface area (Å²) < 4.78 is 33.8. The highest BCUT2D eigenvalue weighted by Crippen LogP contribution is 2.38. The first kappa shape index (κ1) is 42.3. The second kappa shape index (κ2) is 16.2. The summed E-state index contributed by atoms with van der Waals surface area (Å²) in [6.07, 6.45) is 6.78. The van der Waals surface area contributed by atoms with Crippen LogP contribution in [0, 0.1) is 0 Å². The van der Waals surface area contributed by atoms with Crippen LogP contribution in [0.5, 0.6) is 5.75 Å². The maximum atomic E-state index is 14.3. The summed E-state index contributed by atoms with van der Waals surface area (Å²) in [6, 6.07) is 5.48. The quantitative estimate of drug-likeness (QED) is 0.107. The van der Waals surface area contributed by atoms with Crippen molar-refractivity contribution < 1.29 is 22.7 Å². The standard InChI is InChI=1S/C37H60ClN7O5S/c1-13-14-15-16-17-18-19-27(50-26-21-20-24(34(2,3)4)22-25(26)40-28(46)23-39-51(12,48)49)32(47)41-37(10,11)36(8,9)33-43-42-31-29(38)30(35(5,6)7)44-45(31)33/h20-22,27,39,44H,13-19,23H2,1-12H3,(H,40,46)(H,41,47). The Bertz CT molecular complexity index is 1780. The summed E-state index contributed by atoms with van der Waals surface area (Å²) >= 11 is 6.73. The number of benzene rings is 1. The van der Waals surface area contributed by atoms with Crippen LogP contribution < -0.4 is 20.1 Å². The van der Waals surface area contributed by atoms with Gasteiger partial charge in [0.1, 0.15) is 10.8 Å². The van der Waals surface area contributed by atoms with Crippen LogP contribution in [0.25, 0.3) is 5.65 Å². The SMILES string of the molecule is CCCCCCCCC(Oc1ccc(C(C)(C)C)cc1NC(=O)CNS(C)(=O)=O)C(=O)NC(C)(C)C(C)(C)c1nnc2c(Cl)c(C(C)(C)C)[nH]n12. The van der Waals surface area contributed by atoms with E-state index in [1.165, 1.54) is 6.42 Å². The van der Waals surface area contributed by atoms with Gasteiger partial charge in [0.25, 0.3) is 5.91 Å². The summed E-state index contributed by atoms with van der Waals surface area (Å²) in [5.41, 5.74) is 0.557. The van der Waals surface area contributed by atoms with Gasteiger partial charge in [-0.3, -0.25) is 14.7 Å². The van der Waals surface area contributed by atoms with Gasteiger partial charge in [0, 0.05) is 16.4 Å². The van der Waals surface area contributed by atoms with Crippen LogP contribution in [0.2, 0.25) is 5.02 Å². The molecule has 0 spiro atoms. The van der Waals surface area contributed by atoms with Crippen molar-refractivity contribution in [2.45, 2.75) is 149 Å². The van der Waals surface area contributed by atoms with Crippen molar-refractivity contribution in [2.24, 2.45) is 0 Å². The monoisotopic (exact) mass is 749 g/mol. The van der Waals surface area contributed by atoms with Crippen LogP contribution in [0.3, 0.4) is 0 Å². The van der Waals surface area contributed by atoms with Crippen molar-refractivity contribution in [3.8, 4) is 5.75 Å². The molecule has 1 aromatic carbocycles. The highest BCUT2D eigenvalue weighted by molar-refractivity contribution is 7.88. The number of H-pyrrole nitrogens is 1. The first-order valence-electron chi connectivity index (χ1n) is 17.9. The Morgan fingerprint density at radius 3 is 2.16 bits per heavy atom. The largest absolute Gasteiger partial charge is 0.478 e. The third-order valence-electron chi connectivity index (χ3n) is 9.61. The number of ether oxygens (including phenoxy) is 1. The number of hydrogen-bond acceptors (Lipinski definition) is 7. The molecule has 2 amide bonds. The smallest absolute Gasteiger partial charge is 0.261 e. The minimum Gasteiger partial charge on any atom is -0.478 e. The molecule has 51 heavy (non-hydrogen) atoms. The molecular formula is C37H60ClN7O5S. The van der Waals surface area contributed by atoms with E-state index >= 15 is 0 Å². The maximum absolute atomic E-state index is 14.3. The molecule has 2 heterocycles. The van der Waals surface area contributed by atoms with E-state index in [-0.39, 0.29) is 16.7 Å². The Labute approximate surface area is 309 Å². The van der Waals surface area contributed by atoms with Gasteiger partial charge >= 0.3 is 0 Å². The zero-order valence-electron chi connectivity index (χ0n) is 32.6. The van der Waals surface area contributed by atoms with Gasteiger partial charge in [-0.2, -0.15) is 0 Å². The third-order valence-corrected chi connectivity index (χ3v) is 10.6. The molecule has 12 nitrogen and oxygen atoms in total. The lowest BCUT2D eigenvalue weighted by Gasteiger charge is -2.41. The van der Waals surface area contributed by atoms with E-state index in [4.69, 9.17) is 16.3 Å². The average Bonchev–Trinajstić information content (AvgIpc) is 3.57. The van der Waals surface area contributed by atoms with Gasteiger partial charge in [-0.25, -0.2) is 17.7 Å². The lowest BCUT2D eigenvalue weighted by atomic mass is 9.73. The number of aromatic nitrogens is 4. The average molecular weight is 750 g/mol. The summed E-state index contributed by atoms with van der Waals surface area (Å²) in [7, 11) is -3.58. The molecule has 3 rings (SSSR count). The zero-order chi connectivity index (χ0) is 38.6. The number of hydrogen-bond donors (Lipinski definition) is 4. The van der Waals surface area contributed by atoms with Crippen molar-refractivity contribution in [2.75, 3.05) is 18.1 Å². The second-order valence-electron chi connectivity index (χ2n) is 16.7. The van der Waals surface area contributed by atoms with Crippen molar-refractivity contribution in [1.82, 2.24) is 29.9 Å². The number of carbonyl (C=O) groups excluding carboxylic acids is 2. The number of halogens is 1. The maximum Gasteiger partial charge on any atom is 0.261 e. The topological polar surface area (TPSA) is 160 Å². The van der Waals surface area contributed by atoms with E-state index < -0.39 is 39.5 Å². The molecule has 0 radical (unpaired) electrons. The van der Waals surface area contributed by atoms with Gasteiger partial charge in [0.15, 0.2) is 17.6 Å². The molecule has 4 N–H and O–H groups in total. The fraction of sp³-hybridized carbons (Fsp3) is 0.676. The molecule has 0 saturated carbocycles. The van der Waals surface area contributed by atoms with E-state index in [2.05, 4.69) is 58.3 Å². The van der Waals surface area contributed by atoms with Crippen LogP contribution in [0.4, 0.5) is 5.69 Å². The zero-order valence-corrected chi connectivity index (χ0v) is 34.2. The van der Waals surface area contributed by atoms with E-state index in [1.54, 1.807) is 10.6 Å². The summed E-state index contributed by atoms with van der Waals surface area (Å²) in [5, 5.41) is 18.9. The van der Waals surface area contributed by atoms with Crippen molar-refractivity contribution in [3.63, 3.8) is 0 Å². The minimum absolute atomic E-state index is 0.252. The van der Waals surface area contributed by atoms with Crippen molar-refractivity contribution in [3.05, 3.63) is 40.3 Å². The number of nitrogens with one attached hydrogen (secondary N) is 4. The molecule has 0 aliphatic heterocycles. The van der Waals surface area contributed by atoms with Gasteiger partial charge in [0.2, 0.25) is 15.9 Å². The number of nitrogens with zero attached hydrogens (tertiary/aromatic N) is 3. The van der Waals surface area contributed by atoms with E-state index in [9.17, 15) is 18.0 Å². The molecule has 2 aromatic heterocycles. The van der Waals surface area contributed by atoms with E-state index in [0.29, 0.717) is 34.4 Å². The fourth-order valence-electron chi connectivity index (χ4n) is 5.63. The Hall–Kier alpha value is -3.16. The molecule has 0 fully saturated rings. The molecule has 1 unspecified atom stereocenters. The number of aromatic amines is 1. The molecule has 286 valence electrons. The number of anilines is 1. The van der Waals surface area contributed by atoms with E-state index in [1.807, 2.05) is 60.6 Å². The second-order valence-corrected chi connectivity index (χ2v) is 18.9. The fourth-order valence-corrected chi connectivity index (χ4v) is 6.47. The summed E-state index contributed by atoms with van der Waals surface area (Å²) in [6.45, 7) is 22.0. The normalized spacial score (nSPS) is 13.7. The Morgan fingerprint density at radius 2 is 1.57 bits per heavy atom. The lowest BCUT2D eigenvalue weighted by molar-refractivity contribution is -0.130. The Morgan fingerprint density at radius 1 is 0.941 bits per heavy atom. The Kier molecular flexibility index (Phi) is 13.5. The van der Waals surface area contributed by atoms with Crippen molar-refractivity contribution >= 4 is 44.8 Å². The summed E-state index contributed by atoms with van der Waals surface area (Å²) in [5.74, 6) is 0.0564. The number of unbranched alkanes of at least 4 members (excludes halogenated alkanes) is 5. The molecule has 14 heteroatoms. The first-order valence-corrected chi connectivity index (χ1v) is 20.2. The number of rotatable bonds is 17. The number of fused-ring (bicyclic) bond motifs is 1. The van der Waals surface area contributed by atoms with Crippen LogP contribution in [0.15, 0.2) is 18.2 Å². The predicted octanol–water partition coefficient (Wildman–Crippen LogP) is 7.16. The van der Waals surface area contributed by atoms with E-state index in [0.717, 1.165) is 49.6 Å². The molecular weight excluding hydrogens is 690 g/mol. The molecule has 0 aliphatic carbocycles. The molecule has 1 atom stereocenters.